The van der Waals surface area contributed by atoms with Crippen LogP contribution in [-0.2, 0) is 17.5 Å². The number of halogens is 3. The number of allylic oxidation sites excluding steroid dienone is 1. The molecule has 1 atom stereocenters. The van der Waals surface area contributed by atoms with Crippen molar-refractivity contribution in [3.8, 4) is 0 Å². The van der Waals surface area contributed by atoms with Crippen molar-refractivity contribution >= 4 is 12.0 Å². The van der Waals surface area contributed by atoms with Crippen molar-refractivity contribution in [1.82, 2.24) is 24.2 Å². The molecule has 148 valence electrons. The number of likely N-dealkylation sites (tertiary alicyclic amines) is 1. The fraction of sp³-hybridized carbons (Fsp3) is 0.444. The predicted octanol–water partition coefficient (Wildman–Crippen LogP) is 2.09. The van der Waals surface area contributed by atoms with Crippen LogP contribution in [-0.4, -0.2) is 43.2 Å². The van der Waals surface area contributed by atoms with Crippen molar-refractivity contribution in [2.24, 2.45) is 0 Å². The summed E-state index contributed by atoms with van der Waals surface area (Å²) in [5.41, 5.74) is -1.04. The normalized spacial score (nSPS) is 19.1. The molecule has 7 nitrogen and oxygen atoms in total. The topological polar surface area (TPSA) is 73.0 Å². The first-order chi connectivity index (χ1) is 13.3. The molecule has 1 saturated heterocycles. The summed E-state index contributed by atoms with van der Waals surface area (Å²) < 4.78 is 40.4. The summed E-state index contributed by atoms with van der Waals surface area (Å²) >= 11 is 0. The SMILES string of the molecule is O=C([C@@H]1CC=Cc2nn(Cc3ccc(C(F)(F)F)nc3)c(=O)n21)N1CCCC1. The van der Waals surface area contributed by atoms with Gasteiger partial charge in [-0.3, -0.25) is 14.3 Å². The molecule has 1 fully saturated rings. The minimum atomic E-state index is -4.52. The summed E-state index contributed by atoms with van der Waals surface area (Å²) in [5.74, 6) is 0.273. The second-order valence-corrected chi connectivity index (χ2v) is 6.90. The number of nitrogens with zero attached hydrogens (tertiary/aromatic N) is 5. The monoisotopic (exact) mass is 393 g/mol. The number of fused-ring (bicyclic) bond motifs is 1. The van der Waals surface area contributed by atoms with Crippen LogP contribution in [0.15, 0.2) is 29.2 Å². The molecular formula is C18H18F3N5O2. The van der Waals surface area contributed by atoms with Gasteiger partial charge in [0, 0.05) is 19.3 Å². The van der Waals surface area contributed by atoms with Crippen LogP contribution < -0.4 is 5.69 Å². The molecule has 2 aromatic rings. The van der Waals surface area contributed by atoms with Crippen LogP contribution in [0.3, 0.4) is 0 Å². The van der Waals surface area contributed by atoms with Crippen LogP contribution >= 0.6 is 0 Å². The third-order valence-corrected chi connectivity index (χ3v) is 4.99. The summed E-state index contributed by atoms with van der Waals surface area (Å²) in [6, 6.07) is 1.50. The Morgan fingerprint density at radius 2 is 1.96 bits per heavy atom. The Bertz CT molecular complexity index is 969. The fourth-order valence-electron chi connectivity index (χ4n) is 3.57. The molecule has 2 aliphatic heterocycles. The van der Waals surface area contributed by atoms with E-state index in [9.17, 15) is 22.8 Å². The fourth-order valence-corrected chi connectivity index (χ4v) is 3.57. The zero-order chi connectivity index (χ0) is 19.9. The molecule has 0 spiro atoms. The Hall–Kier alpha value is -2.91. The van der Waals surface area contributed by atoms with Crippen molar-refractivity contribution in [3.05, 3.63) is 52.0 Å². The van der Waals surface area contributed by atoms with E-state index in [2.05, 4.69) is 10.1 Å². The summed E-state index contributed by atoms with van der Waals surface area (Å²) in [4.78, 5) is 30.8. The molecule has 4 heterocycles. The Kier molecular flexibility index (Phi) is 4.56. The Morgan fingerprint density at radius 1 is 1.21 bits per heavy atom. The molecule has 0 aromatic carbocycles. The number of hydrogen-bond donors (Lipinski definition) is 0. The Balaban J connectivity index is 1.60. The van der Waals surface area contributed by atoms with Crippen LogP contribution in [0.1, 0.15) is 42.4 Å². The number of alkyl halides is 3. The lowest BCUT2D eigenvalue weighted by Gasteiger charge is -2.24. The molecule has 2 aliphatic rings. The van der Waals surface area contributed by atoms with Crippen LogP contribution in [0, 0.1) is 0 Å². The highest BCUT2D eigenvalue weighted by Crippen LogP contribution is 2.27. The quantitative estimate of drug-likeness (QED) is 0.801. The highest BCUT2D eigenvalue weighted by Gasteiger charge is 2.33. The number of rotatable bonds is 3. The van der Waals surface area contributed by atoms with Crippen LogP contribution in [0.4, 0.5) is 13.2 Å². The van der Waals surface area contributed by atoms with Gasteiger partial charge in [-0.2, -0.15) is 13.2 Å². The predicted molar refractivity (Wildman–Crippen MR) is 93.3 cm³/mol. The first-order valence-electron chi connectivity index (χ1n) is 9.01. The van der Waals surface area contributed by atoms with Crippen molar-refractivity contribution in [3.63, 3.8) is 0 Å². The maximum Gasteiger partial charge on any atom is 0.433 e. The third-order valence-electron chi connectivity index (χ3n) is 4.99. The van der Waals surface area contributed by atoms with Gasteiger partial charge in [0.05, 0.1) is 6.54 Å². The molecule has 1 amide bonds. The van der Waals surface area contributed by atoms with Gasteiger partial charge >= 0.3 is 11.9 Å². The smallest absolute Gasteiger partial charge is 0.341 e. The Morgan fingerprint density at radius 3 is 2.61 bits per heavy atom. The largest absolute Gasteiger partial charge is 0.433 e. The minimum Gasteiger partial charge on any atom is -0.341 e. The number of carbonyl (C=O) groups is 1. The van der Waals surface area contributed by atoms with E-state index in [4.69, 9.17) is 0 Å². The van der Waals surface area contributed by atoms with E-state index in [1.165, 1.54) is 10.6 Å². The molecule has 0 bridgehead atoms. The van der Waals surface area contributed by atoms with E-state index >= 15 is 0 Å². The van der Waals surface area contributed by atoms with Gasteiger partial charge in [-0.25, -0.2) is 9.48 Å². The van der Waals surface area contributed by atoms with Crippen LogP contribution in [0.2, 0.25) is 0 Å². The van der Waals surface area contributed by atoms with E-state index in [0.717, 1.165) is 29.8 Å². The molecule has 10 heteroatoms. The maximum atomic E-state index is 12.8. The molecule has 0 saturated carbocycles. The van der Waals surface area contributed by atoms with Crippen molar-refractivity contribution in [2.75, 3.05) is 13.1 Å². The lowest BCUT2D eigenvalue weighted by Crippen LogP contribution is -2.40. The minimum absolute atomic E-state index is 0.0254. The molecule has 0 unspecified atom stereocenters. The van der Waals surface area contributed by atoms with E-state index in [-0.39, 0.29) is 12.5 Å². The van der Waals surface area contributed by atoms with Gasteiger partial charge in [-0.05, 0) is 37.0 Å². The zero-order valence-electron chi connectivity index (χ0n) is 14.9. The average Bonchev–Trinajstić information content (AvgIpc) is 3.30. The lowest BCUT2D eigenvalue weighted by atomic mass is 10.1. The average molecular weight is 393 g/mol. The van der Waals surface area contributed by atoms with Crippen LogP contribution in [0.25, 0.3) is 6.08 Å². The maximum absolute atomic E-state index is 12.8. The first kappa shape index (κ1) is 18.5. The molecule has 0 N–H and O–H groups in total. The van der Waals surface area contributed by atoms with Gasteiger partial charge in [0.2, 0.25) is 5.91 Å². The van der Waals surface area contributed by atoms with Gasteiger partial charge in [-0.1, -0.05) is 12.1 Å². The van der Waals surface area contributed by atoms with Gasteiger partial charge in [0.25, 0.3) is 0 Å². The van der Waals surface area contributed by atoms with Gasteiger partial charge in [-0.15, -0.1) is 5.10 Å². The number of hydrogen-bond acceptors (Lipinski definition) is 4. The highest BCUT2D eigenvalue weighted by molar-refractivity contribution is 5.81. The number of aromatic nitrogens is 4. The molecular weight excluding hydrogens is 375 g/mol. The first-order valence-corrected chi connectivity index (χ1v) is 9.01. The number of carbonyl (C=O) groups excluding carboxylic acids is 1. The van der Waals surface area contributed by atoms with Gasteiger partial charge in [0.15, 0.2) is 5.82 Å². The number of pyridine rings is 1. The standard InChI is InChI=1S/C18H18F3N5O2/c19-18(20,21)14-7-6-12(10-22-14)11-25-17(28)26-13(4-3-5-15(26)23-25)16(27)24-8-1-2-9-24/h3,5-7,10,13H,1-2,4,8-9,11H2/t13-/m0/s1. The highest BCUT2D eigenvalue weighted by atomic mass is 19.4. The summed E-state index contributed by atoms with van der Waals surface area (Å²) in [7, 11) is 0. The molecule has 4 rings (SSSR count). The summed E-state index contributed by atoms with van der Waals surface area (Å²) in [6.07, 6.45) is 2.37. The lowest BCUT2D eigenvalue weighted by molar-refractivity contribution is -0.141. The second kappa shape index (κ2) is 6.92. The second-order valence-electron chi connectivity index (χ2n) is 6.90. The molecule has 28 heavy (non-hydrogen) atoms. The van der Waals surface area contributed by atoms with Gasteiger partial charge < -0.3 is 4.90 Å². The summed E-state index contributed by atoms with van der Waals surface area (Å²) in [6.45, 7) is 1.35. The van der Waals surface area contributed by atoms with Crippen molar-refractivity contribution in [2.45, 2.75) is 38.0 Å². The van der Waals surface area contributed by atoms with E-state index < -0.39 is 23.6 Å². The Labute approximate surface area is 158 Å². The van der Waals surface area contributed by atoms with E-state index in [0.29, 0.717) is 30.9 Å². The third kappa shape index (κ3) is 3.34. The summed E-state index contributed by atoms with van der Waals surface area (Å²) in [5, 5.41) is 4.24. The zero-order valence-corrected chi connectivity index (χ0v) is 14.9. The molecule has 2 aromatic heterocycles. The molecule has 0 aliphatic carbocycles. The van der Waals surface area contributed by atoms with Crippen LogP contribution in [0.5, 0.6) is 0 Å². The number of amides is 1. The molecule has 0 radical (unpaired) electrons. The van der Waals surface area contributed by atoms with E-state index in [1.807, 2.05) is 6.08 Å². The van der Waals surface area contributed by atoms with Crippen molar-refractivity contribution < 1.29 is 18.0 Å². The van der Waals surface area contributed by atoms with Gasteiger partial charge in [0.1, 0.15) is 11.7 Å². The van der Waals surface area contributed by atoms with Crippen molar-refractivity contribution in [1.29, 1.82) is 0 Å². The van der Waals surface area contributed by atoms with E-state index in [1.54, 1.807) is 11.0 Å².